The first-order chi connectivity index (χ1) is 12.4. The number of hydrogen-bond donors (Lipinski definition) is 1. The number of nitrogens with one attached hydrogen (secondary N) is 1. The highest BCUT2D eigenvalue weighted by Crippen LogP contribution is 2.23. The lowest BCUT2D eigenvalue weighted by Crippen LogP contribution is -2.21. The van der Waals surface area contributed by atoms with Crippen LogP contribution >= 0.6 is 11.8 Å². The number of nitriles is 1. The monoisotopic (exact) mass is 374 g/mol. The number of benzene rings is 2. The van der Waals surface area contributed by atoms with Crippen LogP contribution in [0.15, 0.2) is 41.3 Å². The number of anilines is 1. The second kappa shape index (κ2) is 8.87. The number of esters is 1. The third kappa shape index (κ3) is 4.97. The highest BCUT2D eigenvalue weighted by atomic mass is 32.2. The Kier molecular flexibility index (Phi) is 6.58. The fourth-order valence-corrected chi connectivity index (χ4v) is 2.55. The topological polar surface area (TPSA) is 88.4 Å². The molecule has 2 aromatic carbocycles. The molecule has 0 spiro atoms. The lowest BCUT2D eigenvalue weighted by molar-refractivity contribution is -0.119. The van der Waals surface area contributed by atoms with Gasteiger partial charge in [0.05, 0.1) is 12.7 Å². The summed E-state index contributed by atoms with van der Waals surface area (Å²) in [7, 11) is 1.38. The fourth-order valence-electron chi connectivity index (χ4n) is 2.08. The van der Waals surface area contributed by atoms with Crippen LogP contribution in [0.5, 0.6) is 5.75 Å². The summed E-state index contributed by atoms with van der Waals surface area (Å²) in [5.41, 5.74) is 1.00. The van der Waals surface area contributed by atoms with Crippen molar-refractivity contribution in [2.24, 2.45) is 0 Å². The zero-order chi connectivity index (χ0) is 19.1. The van der Waals surface area contributed by atoms with Crippen LogP contribution in [0.25, 0.3) is 0 Å². The number of nitrogens with zero attached hydrogens (tertiary/aromatic N) is 1. The Bertz CT molecular complexity index is 880. The van der Waals surface area contributed by atoms with Gasteiger partial charge in [-0.1, -0.05) is 0 Å². The normalized spacial score (nSPS) is 9.92. The quantitative estimate of drug-likeness (QED) is 0.473. The zero-order valence-corrected chi connectivity index (χ0v) is 14.9. The Labute approximate surface area is 153 Å². The van der Waals surface area contributed by atoms with E-state index in [0.717, 1.165) is 28.3 Å². The van der Waals surface area contributed by atoms with Gasteiger partial charge in [0.1, 0.15) is 17.0 Å². The fraction of sp³-hybridized carbons (Fsp3) is 0.167. The molecule has 0 atom stereocenters. The second-order valence-electron chi connectivity index (χ2n) is 5.14. The summed E-state index contributed by atoms with van der Waals surface area (Å²) in [4.78, 5) is 24.6. The first-order valence-corrected chi connectivity index (χ1v) is 8.23. The number of methoxy groups -OCH3 is 1. The predicted molar refractivity (Wildman–Crippen MR) is 94.5 cm³/mol. The summed E-state index contributed by atoms with van der Waals surface area (Å²) < 4.78 is 23.5. The minimum Gasteiger partial charge on any atom is -0.497 e. The van der Waals surface area contributed by atoms with E-state index in [1.54, 1.807) is 25.1 Å². The lowest BCUT2D eigenvalue weighted by Gasteiger charge is -2.10. The van der Waals surface area contributed by atoms with Gasteiger partial charge in [-0.25, -0.2) is 9.18 Å². The summed E-state index contributed by atoms with van der Waals surface area (Å²) >= 11 is 1.01. The van der Waals surface area contributed by atoms with Crippen LogP contribution in [0.2, 0.25) is 0 Å². The molecule has 0 saturated carbocycles. The van der Waals surface area contributed by atoms with Crippen molar-refractivity contribution in [2.45, 2.75) is 11.8 Å². The number of carbonyl (C=O) groups excluding carboxylic acids is 2. The molecule has 26 heavy (non-hydrogen) atoms. The maximum absolute atomic E-state index is 13.8. The van der Waals surface area contributed by atoms with Crippen molar-refractivity contribution in [1.29, 1.82) is 5.26 Å². The van der Waals surface area contributed by atoms with Gasteiger partial charge < -0.3 is 14.8 Å². The molecule has 0 aliphatic rings. The van der Waals surface area contributed by atoms with Crippen LogP contribution < -0.4 is 10.1 Å². The molecule has 0 aliphatic heterocycles. The molecule has 0 aliphatic carbocycles. The Morgan fingerprint density at radius 2 is 2.04 bits per heavy atom. The maximum atomic E-state index is 13.8. The van der Waals surface area contributed by atoms with E-state index in [1.165, 1.54) is 19.2 Å². The molecule has 0 saturated heterocycles. The standard InChI is InChI=1S/C18H15FN2O4S/c1-11-7-13(26-10-20)4-6-16(11)21-17(22)9-25-18(23)14-5-3-12(24-2)8-15(14)19/h3-8H,9H2,1-2H3,(H,21,22). The Morgan fingerprint density at radius 1 is 1.27 bits per heavy atom. The molecular weight excluding hydrogens is 359 g/mol. The maximum Gasteiger partial charge on any atom is 0.341 e. The van der Waals surface area contributed by atoms with Crippen LogP contribution in [0.4, 0.5) is 10.1 Å². The molecule has 0 fully saturated rings. The first-order valence-electron chi connectivity index (χ1n) is 7.41. The molecule has 1 N–H and O–H groups in total. The van der Waals surface area contributed by atoms with E-state index >= 15 is 0 Å². The zero-order valence-electron chi connectivity index (χ0n) is 14.0. The van der Waals surface area contributed by atoms with Crippen molar-refractivity contribution in [3.05, 3.63) is 53.3 Å². The number of thioether (sulfide) groups is 1. The molecule has 8 heteroatoms. The van der Waals surface area contributed by atoms with Crippen LogP contribution in [0.1, 0.15) is 15.9 Å². The van der Waals surface area contributed by atoms with Crippen molar-refractivity contribution in [2.75, 3.05) is 19.0 Å². The first kappa shape index (κ1) is 19.3. The summed E-state index contributed by atoms with van der Waals surface area (Å²) in [6, 6.07) is 8.80. The van der Waals surface area contributed by atoms with Gasteiger partial charge in [-0.3, -0.25) is 4.79 Å². The molecule has 2 aromatic rings. The van der Waals surface area contributed by atoms with Gasteiger partial charge in [0, 0.05) is 16.6 Å². The number of aryl methyl sites for hydroxylation is 1. The van der Waals surface area contributed by atoms with E-state index < -0.39 is 24.3 Å². The van der Waals surface area contributed by atoms with Crippen LogP contribution in [0.3, 0.4) is 0 Å². The molecule has 134 valence electrons. The van der Waals surface area contributed by atoms with Crippen LogP contribution in [-0.2, 0) is 9.53 Å². The number of halogens is 1. The molecule has 6 nitrogen and oxygen atoms in total. The van der Waals surface area contributed by atoms with Gasteiger partial charge in [-0.2, -0.15) is 5.26 Å². The van der Waals surface area contributed by atoms with Crippen LogP contribution in [0, 0.1) is 23.4 Å². The van der Waals surface area contributed by atoms with E-state index in [2.05, 4.69) is 5.32 Å². The average molecular weight is 374 g/mol. The highest BCUT2D eigenvalue weighted by Gasteiger charge is 2.16. The number of ether oxygens (including phenoxy) is 2. The largest absolute Gasteiger partial charge is 0.497 e. The molecule has 2 rings (SSSR count). The van der Waals surface area contributed by atoms with Crippen molar-refractivity contribution in [3.8, 4) is 11.2 Å². The molecule has 0 radical (unpaired) electrons. The van der Waals surface area contributed by atoms with Gasteiger partial charge in [0.2, 0.25) is 0 Å². The van der Waals surface area contributed by atoms with E-state index in [1.807, 2.05) is 5.40 Å². The van der Waals surface area contributed by atoms with E-state index in [0.29, 0.717) is 5.69 Å². The smallest absolute Gasteiger partial charge is 0.341 e. The molecular formula is C18H15FN2O4S. The lowest BCUT2D eigenvalue weighted by atomic mass is 10.2. The van der Waals surface area contributed by atoms with E-state index in [-0.39, 0.29) is 11.3 Å². The van der Waals surface area contributed by atoms with Crippen molar-refractivity contribution in [3.63, 3.8) is 0 Å². The Hall–Kier alpha value is -3.05. The Balaban J connectivity index is 1.94. The van der Waals surface area contributed by atoms with Gasteiger partial charge in [0.15, 0.2) is 6.61 Å². The number of thiocyanates is 1. The number of hydrogen-bond acceptors (Lipinski definition) is 6. The van der Waals surface area contributed by atoms with Gasteiger partial charge in [-0.15, -0.1) is 0 Å². The molecule has 1 amide bonds. The Morgan fingerprint density at radius 3 is 2.65 bits per heavy atom. The molecule has 0 aromatic heterocycles. The SMILES string of the molecule is COc1ccc(C(=O)OCC(=O)Nc2ccc(SC#N)cc2C)c(F)c1. The predicted octanol–water partition coefficient (Wildman–Crippen LogP) is 3.51. The number of rotatable bonds is 6. The highest BCUT2D eigenvalue weighted by molar-refractivity contribution is 8.03. The number of carbonyl (C=O) groups is 2. The van der Waals surface area contributed by atoms with Crippen LogP contribution in [-0.4, -0.2) is 25.6 Å². The molecule has 0 bridgehead atoms. The summed E-state index contributed by atoms with van der Waals surface area (Å²) in [5.74, 6) is -2.03. The van der Waals surface area contributed by atoms with E-state index in [4.69, 9.17) is 14.7 Å². The van der Waals surface area contributed by atoms with E-state index in [9.17, 15) is 14.0 Å². The second-order valence-corrected chi connectivity index (χ2v) is 6.00. The minimum atomic E-state index is -0.946. The van der Waals surface area contributed by atoms with Crippen molar-refractivity contribution >= 4 is 29.3 Å². The molecule has 0 unspecified atom stereocenters. The summed E-state index contributed by atoms with van der Waals surface area (Å²) in [5, 5.41) is 13.2. The van der Waals surface area contributed by atoms with Crippen molar-refractivity contribution < 1.29 is 23.5 Å². The van der Waals surface area contributed by atoms with Gasteiger partial charge in [0.25, 0.3) is 5.91 Å². The summed E-state index contributed by atoms with van der Waals surface area (Å²) in [6.07, 6.45) is 0. The summed E-state index contributed by atoms with van der Waals surface area (Å²) in [6.45, 7) is 1.22. The minimum absolute atomic E-state index is 0.269. The van der Waals surface area contributed by atoms with Gasteiger partial charge >= 0.3 is 5.97 Å². The third-order valence-corrected chi connectivity index (χ3v) is 3.95. The average Bonchev–Trinajstić information content (AvgIpc) is 2.62. The molecule has 0 heterocycles. The number of amides is 1. The van der Waals surface area contributed by atoms with Crippen molar-refractivity contribution in [1.82, 2.24) is 0 Å². The third-order valence-electron chi connectivity index (χ3n) is 3.37. The van der Waals surface area contributed by atoms with Gasteiger partial charge in [-0.05, 0) is 54.6 Å².